The molecule has 1 aliphatic carbocycles. The minimum atomic E-state index is 0.770. The summed E-state index contributed by atoms with van der Waals surface area (Å²) in [4.78, 5) is 2.73. The Kier molecular flexibility index (Phi) is 7.23. The molecule has 0 amide bonds. The van der Waals surface area contributed by atoms with Crippen LogP contribution in [0.1, 0.15) is 71.1 Å². The molecule has 2 rings (SSSR count). The van der Waals surface area contributed by atoms with Gasteiger partial charge >= 0.3 is 0 Å². The predicted molar refractivity (Wildman–Crippen MR) is 83.6 cm³/mol. The van der Waals surface area contributed by atoms with E-state index in [0.717, 1.165) is 12.0 Å². The van der Waals surface area contributed by atoms with Crippen molar-refractivity contribution in [3.63, 3.8) is 0 Å². The fourth-order valence-electron chi connectivity index (χ4n) is 3.84. The minimum Gasteiger partial charge on any atom is -0.313 e. The third-order valence-corrected chi connectivity index (χ3v) is 5.01. The molecule has 0 aromatic heterocycles. The molecule has 2 nitrogen and oxygen atoms in total. The molecular weight excluding hydrogens is 232 g/mol. The van der Waals surface area contributed by atoms with Crippen LogP contribution in [-0.2, 0) is 0 Å². The van der Waals surface area contributed by atoms with E-state index in [1.807, 2.05) is 0 Å². The Hall–Kier alpha value is -0.0800. The number of piperidine rings is 1. The van der Waals surface area contributed by atoms with Crippen LogP contribution in [0.15, 0.2) is 0 Å². The van der Waals surface area contributed by atoms with Gasteiger partial charge in [0.2, 0.25) is 0 Å². The largest absolute Gasteiger partial charge is 0.313 e. The molecule has 0 aromatic rings. The standard InChI is InChI=1S/C17H34N2/c1-2-13-19(15-17-10-6-7-12-18-17)14-11-16-8-4-3-5-9-16/h16-18H,2-15H2,1H3. The second-order valence-corrected chi connectivity index (χ2v) is 6.74. The van der Waals surface area contributed by atoms with Crippen LogP contribution in [0.5, 0.6) is 0 Å². The van der Waals surface area contributed by atoms with Crippen molar-refractivity contribution in [1.29, 1.82) is 0 Å². The van der Waals surface area contributed by atoms with Crippen LogP contribution in [0, 0.1) is 5.92 Å². The average Bonchev–Trinajstić information content (AvgIpc) is 2.47. The maximum absolute atomic E-state index is 3.70. The number of nitrogens with one attached hydrogen (secondary N) is 1. The molecule has 1 saturated carbocycles. The van der Waals surface area contributed by atoms with E-state index >= 15 is 0 Å². The highest BCUT2D eigenvalue weighted by Crippen LogP contribution is 2.26. The van der Waals surface area contributed by atoms with E-state index in [2.05, 4.69) is 17.1 Å². The lowest BCUT2D eigenvalue weighted by Gasteiger charge is -2.32. The smallest absolute Gasteiger partial charge is 0.0195 e. The zero-order chi connectivity index (χ0) is 13.3. The maximum Gasteiger partial charge on any atom is 0.0195 e. The summed E-state index contributed by atoms with van der Waals surface area (Å²) >= 11 is 0. The molecule has 1 unspecified atom stereocenters. The summed E-state index contributed by atoms with van der Waals surface area (Å²) in [5.41, 5.74) is 0. The summed E-state index contributed by atoms with van der Waals surface area (Å²) in [6.45, 7) is 7.50. The van der Waals surface area contributed by atoms with Gasteiger partial charge in [-0.1, -0.05) is 45.4 Å². The van der Waals surface area contributed by atoms with Crippen molar-refractivity contribution in [3.8, 4) is 0 Å². The van der Waals surface area contributed by atoms with Crippen LogP contribution in [-0.4, -0.2) is 37.1 Å². The van der Waals surface area contributed by atoms with E-state index in [1.54, 1.807) is 0 Å². The molecule has 1 N–H and O–H groups in total. The number of nitrogens with zero attached hydrogens (tertiary/aromatic N) is 1. The normalized spacial score (nSPS) is 25.9. The van der Waals surface area contributed by atoms with Crippen molar-refractivity contribution in [2.24, 2.45) is 5.92 Å². The molecule has 19 heavy (non-hydrogen) atoms. The third-order valence-electron chi connectivity index (χ3n) is 5.01. The van der Waals surface area contributed by atoms with Crippen LogP contribution >= 0.6 is 0 Å². The molecular formula is C17H34N2. The van der Waals surface area contributed by atoms with E-state index in [9.17, 15) is 0 Å². The molecule has 1 heterocycles. The molecule has 0 spiro atoms. The van der Waals surface area contributed by atoms with Crippen LogP contribution in [0.4, 0.5) is 0 Å². The van der Waals surface area contributed by atoms with Gasteiger partial charge in [0.05, 0.1) is 0 Å². The molecule has 2 aliphatic rings. The van der Waals surface area contributed by atoms with Gasteiger partial charge in [0.15, 0.2) is 0 Å². The number of hydrogen-bond acceptors (Lipinski definition) is 2. The van der Waals surface area contributed by atoms with Gasteiger partial charge < -0.3 is 10.2 Å². The molecule has 0 bridgehead atoms. The van der Waals surface area contributed by atoms with Crippen molar-refractivity contribution >= 4 is 0 Å². The zero-order valence-electron chi connectivity index (χ0n) is 13.0. The SMILES string of the molecule is CCCN(CCC1CCCCC1)CC1CCCCN1. The summed E-state index contributed by atoms with van der Waals surface area (Å²) in [6, 6.07) is 0.770. The van der Waals surface area contributed by atoms with Crippen molar-refractivity contribution in [3.05, 3.63) is 0 Å². The lowest BCUT2D eigenvalue weighted by Crippen LogP contribution is -2.44. The fraction of sp³-hybridized carbons (Fsp3) is 1.00. The fourth-order valence-corrected chi connectivity index (χ4v) is 3.84. The van der Waals surface area contributed by atoms with Crippen molar-refractivity contribution < 1.29 is 0 Å². The molecule has 0 aromatic carbocycles. The summed E-state index contributed by atoms with van der Waals surface area (Å²) in [6.07, 6.45) is 14.4. The highest BCUT2D eigenvalue weighted by atomic mass is 15.1. The van der Waals surface area contributed by atoms with Crippen LogP contribution in [0.25, 0.3) is 0 Å². The first-order valence-corrected chi connectivity index (χ1v) is 8.84. The summed E-state index contributed by atoms with van der Waals surface area (Å²) in [5, 5.41) is 3.70. The van der Waals surface area contributed by atoms with E-state index in [4.69, 9.17) is 0 Å². The molecule has 1 atom stereocenters. The van der Waals surface area contributed by atoms with Gasteiger partial charge in [0.25, 0.3) is 0 Å². The van der Waals surface area contributed by atoms with E-state index in [0.29, 0.717) is 0 Å². The number of rotatable bonds is 7. The van der Waals surface area contributed by atoms with Crippen LogP contribution in [0.3, 0.4) is 0 Å². The molecule has 1 aliphatic heterocycles. The Morgan fingerprint density at radius 2 is 1.74 bits per heavy atom. The molecule has 2 fully saturated rings. The highest BCUT2D eigenvalue weighted by Gasteiger charge is 2.18. The van der Waals surface area contributed by atoms with Gasteiger partial charge in [0.1, 0.15) is 0 Å². The summed E-state index contributed by atoms with van der Waals surface area (Å²) in [5.74, 6) is 1.03. The minimum absolute atomic E-state index is 0.770. The number of hydrogen-bond donors (Lipinski definition) is 1. The van der Waals surface area contributed by atoms with E-state index < -0.39 is 0 Å². The van der Waals surface area contributed by atoms with Crippen molar-refractivity contribution in [1.82, 2.24) is 10.2 Å². The summed E-state index contributed by atoms with van der Waals surface area (Å²) in [7, 11) is 0. The molecule has 0 radical (unpaired) electrons. The zero-order valence-corrected chi connectivity index (χ0v) is 13.0. The van der Waals surface area contributed by atoms with Gasteiger partial charge in [-0.25, -0.2) is 0 Å². The average molecular weight is 266 g/mol. The highest BCUT2D eigenvalue weighted by molar-refractivity contribution is 4.77. The van der Waals surface area contributed by atoms with Gasteiger partial charge in [-0.2, -0.15) is 0 Å². The van der Waals surface area contributed by atoms with E-state index in [-0.39, 0.29) is 0 Å². The summed E-state index contributed by atoms with van der Waals surface area (Å²) < 4.78 is 0. The van der Waals surface area contributed by atoms with Gasteiger partial charge in [-0.15, -0.1) is 0 Å². The lowest BCUT2D eigenvalue weighted by atomic mass is 9.87. The Bertz CT molecular complexity index is 217. The van der Waals surface area contributed by atoms with Crippen LogP contribution in [0.2, 0.25) is 0 Å². The first kappa shape index (κ1) is 15.3. The monoisotopic (exact) mass is 266 g/mol. The quantitative estimate of drug-likeness (QED) is 0.754. The van der Waals surface area contributed by atoms with E-state index in [1.165, 1.54) is 90.4 Å². The van der Waals surface area contributed by atoms with Gasteiger partial charge in [-0.05, 0) is 51.2 Å². The van der Waals surface area contributed by atoms with Crippen LogP contribution < -0.4 is 5.32 Å². The lowest BCUT2D eigenvalue weighted by molar-refractivity contribution is 0.200. The first-order valence-electron chi connectivity index (χ1n) is 8.84. The first-order chi connectivity index (χ1) is 9.38. The Morgan fingerprint density at radius 3 is 2.42 bits per heavy atom. The van der Waals surface area contributed by atoms with Crippen molar-refractivity contribution in [2.75, 3.05) is 26.2 Å². The van der Waals surface area contributed by atoms with Gasteiger partial charge in [-0.3, -0.25) is 0 Å². The third kappa shape index (κ3) is 5.83. The Morgan fingerprint density at radius 1 is 0.947 bits per heavy atom. The van der Waals surface area contributed by atoms with Crippen molar-refractivity contribution in [2.45, 2.75) is 77.2 Å². The second kappa shape index (κ2) is 8.97. The topological polar surface area (TPSA) is 15.3 Å². The molecule has 2 heteroatoms. The molecule has 112 valence electrons. The van der Waals surface area contributed by atoms with Gasteiger partial charge in [0, 0.05) is 12.6 Å². The predicted octanol–water partition coefficient (Wildman–Crippen LogP) is 3.81. The second-order valence-electron chi connectivity index (χ2n) is 6.74. The maximum atomic E-state index is 3.70. The Balaban J connectivity index is 1.68. The molecule has 1 saturated heterocycles. The Labute approximate surface area is 120 Å².